The molecule has 0 unspecified atom stereocenters. The Morgan fingerprint density at radius 3 is 2.41 bits per heavy atom. The second kappa shape index (κ2) is 8.53. The van der Waals surface area contributed by atoms with E-state index < -0.39 is 6.04 Å². The zero-order chi connectivity index (χ0) is 22.2. The maximum Gasteiger partial charge on any atom is 0.163 e. The van der Waals surface area contributed by atoms with Gasteiger partial charge in [-0.25, -0.2) is 0 Å². The number of benzene rings is 3. The van der Waals surface area contributed by atoms with Gasteiger partial charge in [-0.1, -0.05) is 59.6 Å². The standard InChI is InChI=1S/C26H22Cl2N2O2/c1-32-17-11-9-15(10-12-17)16-13-22-24(23(31)14-16)26(18-5-4-6-19(27)25(18)28)30-21-8-3-2-7-20(21)29-22/h2-12,16,26,29-30H,13-14H2,1H3/t16-,26+/m0/s1. The molecule has 0 amide bonds. The number of Topliss-reactive ketones (excluding diaryl/α,β-unsaturated/α-hetero) is 1. The lowest BCUT2D eigenvalue weighted by molar-refractivity contribution is -0.116. The molecular formula is C26H22Cl2N2O2. The van der Waals surface area contributed by atoms with Gasteiger partial charge in [0, 0.05) is 17.7 Å². The van der Waals surface area contributed by atoms with Crippen molar-refractivity contribution in [3.05, 3.63) is 99.2 Å². The molecule has 3 aromatic rings. The summed E-state index contributed by atoms with van der Waals surface area (Å²) in [6.07, 6.45) is 1.15. The lowest BCUT2D eigenvalue weighted by Gasteiger charge is -2.30. The zero-order valence-electron chi connectivity index (χ0n) is 17.5. The number of halogens is 2. The molecule has 0 saturated carbocycles. The summed E-state index contributed by atoms with van der Waals surface area (Å²) in [5, 5.41) is 8.02. The van der Waals surface area contributed by atoms with E-state index in [0.717, 1.165) is 45.9 Å². The van der Waals surface area contributed by atoms with Gasteiger partial charge < -0.3 is 15.4 Å². The highest BCUT2D eigenvalue weighted by atomic mass is 35.5. The predicted molar refractivity (Wildman–Crippen MR) is 130 cm³/mol. The number of para-hydroxylation sites is 2. The summed E-state index contributed by atoms with van der Waals surface area (Å²) in [5.74, 6) is 0.985. The highest BCUT2D eigenvalue weighted by Gasteiger charge is 2.36. The van der Waals surface area contributed by atoms with Gasteiger partial charge in [0.15, 0.2) is 5.78 Å². The minimum atomic E-state index is -0.392. The number of fused-ring (bicyclic) bond motifs is 1. The Kier molecular flexibility index (Phi) is 5.58. The first kappa shape index (κ1) is 20.9. The van der Waals surface area contributed by atoms with Gasteiger partial charge >= 0.3 is 0 Å². The molecule has 32 heavy (non-hydrogen) atoms. The molecule has 2 N–H and O–H groups in total. The van der Waals surface area contributed by atoms with Crippen LogP contribution < -0.4 is 15.4 Å². The van der Waals surface area contributed by atoms with E-state index >= 15 is 0 Å². The van der Waals surface area contributed by atoms with Crippen molar-refractivity contribution >= 4 is 40.4 Å². The van der Waals surface area contributed by atoms with Gasteiger partial charge in [-0.05, 0) is 53.8 Å². The summed E-state index contributed by atoms with van der Waals surface area (Å²) < 4.78 is 5.28. The summed E-state index contributed by atoms with van der Waals surface area (Å²) in [7, 11) is 1.65. The van der Waals surface area contributed by atoms with Crippen LogP contribution in [0.5, 0.6) is 5.75 Å². The maximum absolute atomic E-state index is 13.6. The quantitative estimate of drug-likeness (QED) is 0.438. The second-order valence-electron chi connectivity index (χ2n) is 8.08. The molecule has 2 aliphatic rings. The molecule has 0 bridgehead atoms. The molecule has 4 nitrogen and oxygen atoms in total. The van der Waals surface area contributed by atoms with Crippen LogP contribution in [0.25, 0.3) is 0 Å². The maximum atomic E-state index is 13.6. The largest absolute Gasteiger partial charge is 0.497 e. The van der Waals surface area contributed by atoms with Crippen LogP contribution in [0.2, 0.25) is 10.0 Å². The Labute approximate surface area is 197 Å². The SMILES string of the molecule is COc1ccc([C@@H]2CC(=O)C3=C(C2)Nc2ccccc2N[C@@H]3c2cccc(Cl)c2Cl)cc1. The van der Waals surface area contributed by atoms with Crippen molar-refractivity contribution in [1.82, 2.24) is 0 Å². The van der Waals surface area contributed by atoms with E-state index in [1.54, 1.807) is 13.2 Å². The van der Waals surface area contributed by atoms with Crippen LogP contribution in [0.3, 0.4) is 0 Å². The fraction of sp³-hybridized carbons (Fsp3) is 0.192. The first-order valence-corrected chi connectivity index (χ1v) is 11.3. The van der Waals surface area contributed by atoms with Gasteiger partial charge in [0.1, 0.15) is 5.75 Å². The summed E-state index contributed by atoms with van der Waals surface area (Å²) >= 11 is 12.9. The lowest BCUT2D eigenvalue weighted by atomic mass is 9.78. The Hall–Kier alpha value is -2.95. The van der Waals surface area contributed by atoms with E-state index in [0.29, 0.717) is 16.5 Å². The van der Waals surface area contributed by atoms with E-state index in [1.165, 1.54) is 0 Å². The molecule has 0 aromatic heterocycles. The van der Waals surface area contributed by atoms with Crippen molar-refractivity contribution in [2.24, 2.45) is 0 Å². The van der Waals surface area contributed by atoms with Crippen LogP contribution in [0.15, 0.2) is 78.0 Å². The number of nitrogens with one attached hydrogen (secondary N) is 2. The number of carbonyl (C=O) groups excluding carboxylic acids is 1. The van der Waals surface area contributed by atoms with Crippen LogP contribution in [-0.4, -0.2) is 12.9 Å². The fourth-order valence-electron chi connectivity index (χ4n) is 4.58. The summed E-state index contributed by atoms with van der Waals surface area (Å²) in [4.78, 5) is 13.6. The van der Waals surface area contributed by atoms with Crippen molar-refractivity contribution in [2.75, 3.05) is 17.7 Å². The van der Waals surface area contributed by atoms with Crippen LogP contribution >= 0.6 is 23.2 Å². The Bertz CT molecular complexity index is 1220. The molecule has 1 heterocycles. The first-order chi connectivity index (χ1) is 15.5. The summed E-state index contributed by atoms with van der Waals surface area (Å²) in [6, 6.07) is 21.1. The number of rotatable bonds is 3. The molecule has 0 radical (unpaired) electrons. The normalized spacial score (nSPS) is 19.9. The van der Waals surface area contributed by atoms with Gasteiger partial charge in [-0.3, -0.25) is 4.79 Å². The third-order valence-electron chi connectivity index (χ3n) is 6.19. The van der Waals surface area contributed by atoms with E-state index in [2.05, 4.69) is 10.6 Å². The van der Waals surface area contributed by atoms with Gasteiger partial charge in [-0.15, -0.1) is 0 Å². The number of methoxy groups -OCH3 is 1. The molecule has 6 heteroatoms. The smallest absolute Gasteiger partial charge is 0.163 e. The van der Waals surface area contributed by atoms with Crippen molar-refractivity contribution in [1.29, 1.82) is 0 Å². The van der Waals surface area contributed by atoms with Crippen LogP contribution in [0.1, 0.15) is 35.9 Å². The zero-order valence-corrected chi connectivity index (χ0v) is 19.0. The highest BCUT2D eigenvalue weighted by molar-refractivity contribution is 6.42. The third kappa shape index (κ3) is 3.74. The molecule has 0 fully saturated rings. The number of carbonyl (C=O) groups is 1. The predicted octanol–water partition coefficient (Wildman–Crippen LogP) is 6.98. The molecule has 3 aromatic carbocycles. The number of anilines is 2. The van der Waals surface area contributed by atoms with E-state index in [1.807, 2.05) is 60.7 Å². The fourth-order valence-corrected chi connectivity index (χ4v) is 5.00. The number of hydrogen-bond donors (Lipinski definition) is 2. The van der Waals surface area contributed by atoms with Crippen LogP contribution in [-0.2, 0) is 4.79 Å². The van der Waals surface area contributed by atoms with Gasteiger partial charge in [0.25, 0.3) is 0 Å². The average molecular weight is 465 g/mol. The molecule has 162 valence electrons. The van der Waals surface area contributed by atoms with E-state index in [-0.39, 0.29) is 11.7 Å². The summed E-state index contributed by atoms with van der Waals surface area (Å²) in [5.41, 5.74) is 5.40. The van der Waals surface area contributed by atoms with Crippen LogP contribution in [0.4, 0.5) is 11.4 Å². The van der Waals surface area contributed by atoms with Crippen molar-refractivity contribution in [2.45, 2.75) is 24.8 Å². The number of ether oxygens (including phenoxy) is 1. The number of allylic oxidation sites excluding steroid dienone is 1. The minimum Gasteiger partial charge on any atom is -0.497 e. The molecule has 5 rings (SSSR count). The summed E-state index contributed by atoms with van der Waals surface area (Å²) in [6.45, 7) is 0. The van der Waals surface area contributed by atoms with Gasteiger partial charge in [0.2, 0.25) is 0 Å². The lowest BCUT2D eigenvalue weighted by Crippen LogP contribution is -2.27. The Morgan fingerprint density at radius 1 is 0.906 bits per heavy atom. The van der Waals surface area contributed by atoms with Crippen molar-refractivity contribution < 1.29 is 9.53 Å². The van der Waals surface area contributed by atoms with Crippen molar-refractivity contribution in [3.63, 3.8) is 0 Å². The molecule has 1 aliphatic heterocycles. The van der Waals surface area contributed by atoms with Gasteiger partial charge in [-0.2, -0.15) is 0 Å². The topological polar surface area (TPSA) is 50.4 Å². The Balaban J connectivity index is 1.61. The third-order valence-corrected chi connectivity index (χ3v) is 7.02. The molecular weight excluding hydrogens is 443 g/mol. The molecule has 0 saturated heterocycles. The van der Waals surface area contributed by atoms with E-state index in [4.69, 9.17) is 27.9 Å². The first-order valence-electron chi connectivity index (χ1n) is 10.5. The minimum absolute atomic E-state index is 0.0837. The molecule has 0 spiro atoms. The second-order valence-corrected chi connectivity index (χ2v) is 8.87. The highest BCUT2D eigenvalue weighted by Crippen LogP contribution is 2.46. The van der Waals surface area contributed by atoms with Crippen molar-refractivity contribution in [3.8, 4) is 5.75 Å². The van der Waals surface area contributed by atoms with Gasteiger partial charge in [0.05, 0.1) is 34.6 Å². The number of hydrogen-bond acceptors (Lipinski definition) is 4. The Morgan fingerprint density at radius 2 is 1.66 bits per heavy atom. The molecule has 2 atom stereocenters. The number of ketones is 1. The monoisotopic (exact) mass is 464 g/mol. The molecule has 1 aliphatic carbocycles. The average Bonchev–Trinajstić information content (AvgIpc) is 2.97. The van der Waals surface area contributed by atoms with E-state index in [9.17, 15) is 4.79 Å². The van der Waals surface area contributed by atoms with Crippen LogP contribution in [0, 0.1) is 0 Å².